The molecule has 1 aliphatic rings. The van der Waals surface area contributed by atoms with Crippen LogP contribution in [0.25, 0.3) is 111 Å². The maximum Gasteiger partial charge on any atom is 0.238 e. The van der Waals surface area contributed by atoms with Gasteiger partial charge in [-0.1, -0.05) is 164 Å². The minimum Gasteiger partial charge on any atom is -0.436 e. The van der Waals surface area contributed by atoms with E-state index in [9.17, 15) is 0 Å². The van der Waals surface area contributed by atoms with Gasteiger partial charge in [0.15, 0.2) is 11.4 Å². The summed E-state index contributed by atoms with van der Waals surface area (Å²) in [6.45, 7) is 0. The molecule has 0 aliphatic heterocycles. The highest BCUT2D eigenvalue weighted by atomic mass is 16.3. The molecule has 7 nitrogen and oxygen atoms in total. The highest BCUT2D eigenvalue weighted by Crippen LogP contribution is 2.43. The molecule has 0 bridgehead atoms. The number of hydrogen-bond donors (Lipinski definition) is 0. The molecule has 1 aliphatic carbocycles. The molecule has 0 spiro atoms. The van der Waals surface area contributed by atoms with E-state index >= 15 is 0 Å². The summed E-state index contributed by atoms with van der Waals surface area (Å²) in [6.07, 6.45) is 9.33. The van der Waals surface area contributed by atoms with Crippen LogP contribution in [0.1, 0.15) is 18.2 Å². The fourth-order valence-corrected chi connectivity index (χ4v) is 9.65. The Labute approximate surface area is 373 Å². The summed E-state index contributed by atoms with van der Waals surface area (Å²) in [5.74, 6) is 2.40. The lowest BCUT2D eigenvalue weighted by Crippen LogP contribution is -2.12. The zero-order valence-electron chi connectivity index (χ0n) is 35.1. The average molecular weight is 835 g/mol. The lowest BCUT2D eigenvalue weighted by atomic mass is 10.00. The van der Waals surface area contributed by atoms with Crippen LogP contribution in [-0.2, 0) is 0 Å². The molecule has 7 heteroatoms. The quantitative estimate of drug-likeness (QED) is 0.160. The van der Waals surface area contributed by atoms with Crippen LogP contribution in [0.3, 0.4) is 0 Å². The number of nitrogens with zero attached hydrogens (tertiary/aromatic N) is 6. The number of hydrogen-bond acceptors (Lipinski definition) is 5. The number of aromatic nitrogens is 6. The van der Waals surface area contributed by atoms with E-state index < -0.39 is 0 Å². The lowest BCUT2D eigenvalue weighted by Gasteiger charge is -2.17. The maximum atomic E-state index is 6.53. The van der Waals surface area contributed by atoms with Crippen LogP contribution < -0.4 is 0 Å². The van der Waals surface area contributed by atoms with Gasteiger partial charge >= 0.3 is 0 Å². The Morgan fingerprint density at radius 1 is 0.462 bits per heavy atom. The van der Waals surface area contributed by atoms with E-state index in [0.29, 0.717) is 29.1 Å². The van der Waals surface area contributed by atoms with E-state index in [4.69, 9.17) is 24.4 Å². The topological polar surface area (TPSA) is 74.6 Å². The third-order valence-electron chi connectivity index (χ3n) is 12.7. The Morgan fingerprint density at radius 2 is 1.11 bits per heavy atom. The molecule has 306 valence electrons. The fraction of sp³-hybridized carbons (Fsp3) is 0.0345. The molecule has 12 aromatic rings. The van der Waals surface area contributed by atoms with Crippen molar-refractivity contribution in [2.24, 2.45) is 0 Å². The molecule has 1 unspecified atom stereocenters. The third-order valence-corrected chi connectivity index (χ3v) is 12.7. The number of allylic oxidation sites excluding steroid dienone is 4. The Kier molecular flexibility index (Phi) is 8.52. The predicted octanol–water partition coefficient (Wildman–Crippen LogP) is 14.5. The van der Waals surface area contributed by atoms with Gasteiger partial charge in [-0.05, 0) is 77.2 Å². The number of para-hydroxylation sites is 2. The summed E-state index contributed by atoms with van der Waals surface area (Å²) in [5.41, 5.74) is 13.0. The summed E-state index contributed by atoms with van der Waals surface area (Å²) in [7, 11) is 0. The van der Waals surface area contributed by atoms with Crippen LogP contribution in [0.15, 0.2) is 217 Å². The second-order valence-electron chi connectivity index (χ2n) is 16.6. The van der Waals surface area contributed by atoms with Gasteiger partial charge in [-0.15, -0.1) is 0 Å². The summed E-state index contributed by atoms with van der Waals surface area (Å²) >= 11 is 0. The van der Waals surface area contributed by atoms with Crippen molar-refractivity contribution in [3.05, 3.63) is 218 Å². The van der Waals surface area contributed by atoms with Gasteiger partial charge in [-0.3, -0.25) is 4.57 Å². The van der Waals surface area contributed by atoms with E-state index in [1.165, 1.54) is 21.9 Å². The van der Waals surface area contributed by atoms with E-state index in [2.05, 4.69) is 179 Å². The van der Waals surface area contributed by atoms with Gasteiger partial charge in [0.05, 0.1) is 27.8 Å². The van der Waals surface area contributed by atoms with E-state index in [1.54, 1.807) is 0 Å². The van der Waals surface area contributed by atoms with E-state index in [-0.39, 0.29) is 5.92 Å². The molecule has 0 N–H and O–H groups in total. The van der Waals surface area contributed by atoms with Crippen molar-refractivity contribution in [1.29, 1.82) is 0 Å². The van der Waals surface area contributed by atoms with Crippen molar-refractivity contribution in [2.45, 2.75) is 12.3 Å². The van der Waals surface area contributed by atoms with Crippen molar-refractivity contribution in [2.75, 3.05) is 0 Å². The van der Waals surface area contributed by atoms with Crippen molar-refractivity contribution in [3.8, 4) is 56.7 Å². The Balaban J connectivity index is 1.11. The standard InChI is InChI=1S/C58H38N6O/c1-5-16-37(17-6-1)39-28-30-41(31-29-39)56-60-55(40-20-9-3-10-21-40)61-58(62-56)64-49-34-35-51-53(59-57(65-51)42-22-11-4-12-23-42)52(49)45-25-15-27-50(54(45)64)63-47-26-14-13-24-44(47)46-36-43(32-33-48(46)63)38-18-7-2-8-19-38/h1-20,22-36,40H,21H2. The number of rotatable bonds is 7. The average Bonchev–Trinajstić information content (AvgIpc) is 4.08. The molecule has 65 heavy (non-hydrogen) atoms. The third kappa shape index (κ3) is 6.12. The second kappa shape index (κ2) is 15.0. The van der Waals surface area contributed by atoms with Crippen LogP contribution in [0, 0.1) is 0 Å². The molecule has 0 saturated carbocycles. The predicted molar refractivity (Wildman–Crippen MR) is 263 cm³/mol. The summed E-state index contributed by atoms with van der Waals surface area (Å²) < 4.78 is 11.1. The van der Waals surface area contributed by atoms with Crippen LogP contribution in [-0.4, -0.2) is 29.1 Å². The van der Waals surface area contributed by atoms with Crippen molar-refractivity contribution >= 4 is 54.7 Å². The molecule has 0 amide bonds. The molecule has 0 radical (unpaired) electrons. The van der Waals surface area contributed by atoms with Crippen LogP contribution in [0.2, 0.25) is 0 Å². The van der Waals surface area contributed by atoms with Crippen LogP contribution in [0.5, 0.6) is 0 Å². The van der Waals surface area contributed by atoms with Crippen LogP contribution in [0.4, 0.5) is 0 Å². The largest absolute Gasteiger partial charge is 0.436 e. The second-order valence-corrected chi connectivity index (χ2v) is 16.6. The normalized spacial score (nSPS) is 13.8. The maximum absolute atomic E-state index is 6.53. The molecule has 1 atom stereocenters. The SMILES string of the molecule is C1=CCC(c2nc(-c3ccc(-c4ccccc4)cc3)nc(-n3c4ccc5oc(-c6ccccc6)nc5c4c4cccc(-n5c6ccccc6c6cc(-c7ccccc7)ccc65)c43)n2)C=C1. The highest BCUT2D eigenvalue weighted by Gasteiger charge is 2.26. The first kappa shape index (κ1) is 36.9. The fourth-order valence-electron chi connectivity index (χ4n) is 9.65. The molecular formula is C58H38N6O. The molecule has 0 saturated heterocycles. The van der Waals surface area contributed by atoms with Gasteiger partial charge in [-0.2, -0.15) is 9.97 Å². The molecule has 4 heterocycles. The highest BCUT2D eigenvalue weighted by molar-refractivity contribution is 6.22. The first-order chi connectivity index (χ1) is 32.2. The summed E-state index contributed by atoms with van der Waals surface area (Å²) in [4.78, 5) is 21.3. The minimum atomic E-state index is -0.0246. The summed E-state index contributed by atoms with van der Waals surface area (Å²) in [6, 6.07) is 65.8. The van der Waals surface area contributed by atoms with Gasteiger partial charge in [-0.25, -0.2) is 9.97 Å². The van der Waals surface area contributed by atoms with Gasteiger partial charge in [0, 0.05) is 38.6 Å². The molecular weight excluding hydrogens is 797 g/mol. The van der Waals surface area contributed by atoms with Gasteiger partial charge in [0.2, 0.25) is 11.8 Å². The van der Waals surface area contributed by atoms with Crippen LogP contribution >= 0.6 is 0 Å². The van der Waals surface area contributed by atoms with Crippen molar-refractivity contribution in [1.82, 2.24) is 29.1 Å². The molecule has 4 aromatic heterocycles. The minimum absolute atomic E-state index is 0.0246. The zero-order chi connectivity index (χ0) is 42.8. The zero-order valence-corrected chi connectivity index (χ0v) is 35.1. The Hall–Kier alpha value is -8.68. The van der Waals surface area contributed by atoms with Gasteiger partial charge < -0.3 is 8.98 Å². The van der Waals surface area contributed by atoms with E-state index in [1.807, 2.05) is 42.5 Å². The monoisotopic (exact) mass is 834 g/mol. The van der Waals surface area contributed by atoms with E-state index in [0.717, 1.165) is 72.7 Å². The number of oxazole rings is 1. The Bertz CT molecular complexity index is 3840. The van der Waals surface area contributed by atoms with Crippen molar-refractivity contribution < 1.29 is 4.42 Å². The molecule has 8 aromatic carbocycles. The number of fused-ring (bicyclic) bond motifs is 8. The first-order valence-corrected chi connectivity index (χ1v) is 22.0. The van der Waals surface area contributed by atoms with Gasteiger partial charge in [0.1, 0.15) is 11.3 Å². The van der Waals surface area contributed by atoms with Gasteiger partial charge in [0.25, 0.3) is 0 Å². The smallest absolute Gasteiger partial charge is 0.238 e. The molecule has 0 fully saturated rings. The number of benzene rings is 8. The summed E-state index contributed by atoms with van der Waals surface area (Å²) in [5, 5.41) is 4.33. The Morgan fingerprint density at radius 3 is 1.88 bits per heavy atom. The molecule has 13 rings (SSSR count). The lowest BCUT2D eigenvalue weighted by molar-refractivity contribution is 0.620. The first-order valence-electron chi connectivity index (χ1n) is 22.0. The van der Waals surface area contributed by atoms with Crippen molar-refractivity contribution in [3.63, 3.8) is 0 Å².